The highest BCUT2D eigenvalue weighted by molar-refractivity contribution is 7.98. The first-order valence-corrected chi connectivity index (χ1v) is 12.6. The van der Waals surface area contributed by atoms with E-state index in [1.54, 1.807) is 40.1 Å². The van der Waals surface area contributed by atoms with Crippen LogP contribution in [0.5, 0.6) is 11.5 Å². The molecule has 0 fully saturated rings. The Morgan fingerprint density at radius 1 is 1.10 bits per heavy atom. The third-order valence-corrected chi connectivity index (χ3v) is 7.20. The first-order valence-electron chi connectivity index (χ1n) is 10.5. The molecule has 164 valence electrons. The minimum atomic E-state index is -0.0751. The maximum absolute atomic E-state index is 13.6. The normalized spacial score (nSPS) is 13.0. The van der Waals surface area contributed by atoms with Crippen molar-refractivity contribution in [2.24, 2.45) is 0 Å². The molecule has 8 heteroatoms. The summed E-state index contributed by atoms with van der Waals surface area (Å²) in [6.45, 7) is 8.54. The van der Waals surface area contributed by atoms with Gasteiger partial charge in [0, 0.05) is 23.5 Å². The number of para-hydroxylation sites is 1. The lowest BCUT2D eigenvalue weighted by Crippen LogP contribution is -2.39. The SMILES string of the molecule is CCN(CC)CCN(C(=O)c1ccc2c(c1)OCCO2)c1nc2c(SC)cccc2s1. The van der Waals surface area contributed by atoms with Crippen LogP contribution in [0, 0.1) is 0 Å². The monoisotopic (exact) mass is 457 g/mol. The number of anilines is 1. The first kappa shape index (κ1) is 21.9. The average molecular weight is 458 g/mol. The van der Waals surface area contributed by atoms with Crippen molar-refractivity contribution >= 4 is 44.4 Å². The summed E-state index contributed by atoms with van der Waals surface area (Å²) in [6.07, 6.45) is 2.05. The Labute approximate surface area is 191 Å². The van der Waals surface area contributed by atoms with Gasteiger partial charge in [-0.25, -0.2) is 4.98 Å². The highest BCUT2D eigenvalue weighted by Crippen LogP contribution is 2.36. The molecule has 0 bridgehead atoms. The van der Waals surface area contributed by atoms with Crippen LogP contribution in [0.1, 0.15) is 24.2 Å². The molecule has 6 nitrogen and oxygen atoms in total. The number of likely N-dealkylation sites (N-methyl/N-ethyl adjacent to an activating group) is 1. The number of nitrogens with zero attached hydrogens (tertiary/aromatic N) is 3. The molecule has 31 heavy (non-hydrogen) atoms. The van der Waals surface area contributed by atoms with Crippen LogP contribution < -0.4 is 14.4 Å². The summed E-state index contributed by atoms with van der Waals surface area (Å²) >= 11 is 3.23. The molecule has 2 aromatic carbocycles. The number of thiazole rings is 1. The van der Waals surface area contributed by atoms with Crippen LogP contribution in [-0.2, 0) is 0 Å². The lowest BCUT2D eigenvalue weighted by molar-refractivity contribution is 0.0982. The molecule has 1 aliphatic heterocycles. The van der Waals surface area contributed by atoms with E-state index >= 15 is 0 Å². The van der Waals surface area contributed by atoms with Crippen LogP contribution in [-0.4, -0.2) is 61.4 Å². The molecule has 1 amide bonds. The summed E-state index contributed by atoms with van der Waals surface area (Å²) in [6, 6.07) is 11.6. The highest BCUT2D eigenvalue weighted by Gasteiger charge is 2.24. The molecular formula is C23H27N3O3S2. The summed E-state index contributed by atoms with van der Waals surface area (Å²) in [5.74, 6) is 1.23. The molecule has 1 aliphatic rings. The fourth-order valence-corrected chi connectivity index (χ4v) is 5.23. The van der Waals surface area contributed by atoms with E-state index < -0.39 is 0 Å². The van der Waals surface area contributed by atoms with Crippen molar-refractivity contribution in [3.8, 4) is 11.5 Å². The number of carbonyl (C=O) groups is 1. The van der Waals surface area contributed by atoms with E-state index in [2.05, 4.69) is 30.9 Å². The van der Waals surface area contributed by atoms with E-state index in [0.717, 1.165) is 39.9 Å². The minimum absolute atomic E-state index is 0.0751. The maximum atomic E-state index is 13.6. The van der Waals surface area contributed by atoms with Crippen molar-refractivity contribution in [2.75, 3.05) is 50.5 Å². The fraction of sp³-hybridized carbons (Fsp3) is 0.391. The number of aromatic nitrogens is 1. The second-order valence-electron chi connectivity index (χ2n) is 7.15. The average Bonchev–Trinajstić information content (AvgIpc) is 3.25. The van der Waals surface area contributed by atoms with Crippen LogP contribution in [0.15, 0.2) is 41.3 Å². The number of fused-ring (bicyclic) bond motifs is 2. The van der Waals surface area contributed by atoms with E-state index in [-0.39, 0.29) is 5.91 Å². The Morgan fingerprint density at radius 2 is 1.87 bits per heavy atom. The molecule has 3 aromatic rings. The number of hydrogen-bond acceptors (Lipinski definition) is 7. The quantitative estimate of drug-likeness (QED) is 0.454. The molecule has 0 radical (unpaired) electrons. The zero-order valence-corrected chi connectivity index (χ0v) is 19.7. The van der Waals surface area contributed by atoms with E-state index in [0.29, 0.717) is 36.8 Å². The van der Waals surface area contributed by atoms with Gasteiger partial charge in [-0.15, -0.1) is 11.8 Å². The summed E-state index contributed by atoms with van der Waals surface area (Å²) in [5, 5.41) is 0.726. The topological polar surface area (TPSA) is 54.9 Å². The van der Waals surface area contributed by atoms with Gasteiger partial charge in [-0.2, -0.15) is 0 Å². The molecule has 0 saturated heterocycles. The predicted molar refractivity (Wildman–Crippen MR) is 128 cm³/mol. The second kappa shape index (κ2) is 9.89. The van der Waals surface area contributed by atoms with Crippen molar-refractivity contribution in [1.82, 2.24) is 9.88 Å². The summed E-state index contributed by atoms with van der Waals surface area (Å²) < 4.78 is 12.4. The molecule has 4 rings (SSSR count). The molecule has 0 atom stereocenters. The predicted octanol–water partition coefficient (Wildman–Crippen LogP) is 4.78. The standard InChI is InChI=1S/C23H27N3O3S2/c1-4-25(5-2)11-12-26(23-24-21-19(30-3)7-6-8-20(21)31-23)22(27)16-9-10-17-18(15-16)29-14-13-28-17/h6-10,15H,4-5,11-14H2,1-3H3. The second-order valence-corrected chi connectivity index (χ2v) is 9.00. The summed E-state index contributed by atoms with van der Waals surface area (Å²) in [7, 11) is 0. The zero-order valence-electron chi connectivity index (χ0n) is 18.1. The summed E-state index contributed by atoms with van der Waals surface area (Å²) in [5.41, 5.74) is 1.53. The van der Waals surface area contributed by atoms with Crippen molar-refractivity contribution in [3.63, 3.8) is 0 Å². The van der Waals surface area contributed by atoms with E-state index in [1.165, 1.54) is 0 Å². The van der Waals surface area contributed by atoms with Crippen molar-refractivity contribution in [1.29, 1.82) is 0 Å². The molecular weight excluding hydrogens is 430 g/mol. The van der Waals surface area contributed by atoms with Crippen LogP contribution in [0.4, 0.5) is 5.13 Å². The van der Waals surface area contributed by atoms with E-state index in [1.807, 2.05) is 18.4 Å². The Hall–Kier alpha value is -2.29. The van der Waals surface area contributed by atoms with Crippen molar-refractivity contribution < 1.29 is 14.3 Å². The fourth-order valence-electron chi connectivity index (χ4n) is 3.59. The maximum Gasteiger partial charge on any atom is 0.260 e. The zero-order chi connectivity index (χ0) is 21.8. The highest BCUT2D eigenvalue weighted by atomic mass is 32.2. The van der Waals surface area contributed by atoms with Gasteiger partial charge in [0.1, 0.15) is 13.2 Å². The molecule has 0 unspecified atom stereocenters. The van der Waals surface area contributed by atoms with Gasteiger partial charge in [-0.1, -0.05) is 31.3 Å². The lowest BCUT2D eigenvalue weighted by atomic mass is 10.1. The molecule has 1 aromatic heterocycles. The number of carbonyl (C=O) groups excluding carboxylic acids is 1. The Morgan fingerprint density at radius 3 is 2.61 bits per heavy atom. The lowest BCUT2D eigenvalue weighted by Gasteiger charge is -2.25. The number of hydrogen-bond donors (Lipinski definition) is 0. The van der Waals surface area contributed by atoms with Gasteiger partial charge in [-0.3, -0.25) is 9.69 Å². The van der Waals surface area contributed by atoms with Gasteiger partial charge in [0.2, 0.25) is 0 Å². The Bertz CT molecular complexity index is 1070. The van der Waals surface area contributed by atoms with Gasteiger partial charge in [0.05, 0.1) is 10.2 Å². The number of rotatable bonds is 8. The van der Waals surface area contributed by atoms with Crippen molar-refractivity contribution in [2.45, 2.75) is 18.7 Å². The molecule has 0 N–H and O–H groups in total. The summed E-state index contributed by atoms with van der Waals surface area (Å²) in [4.78, 5) is 23.7. The number of amides is 1. The van der Waals surface area contributed by atoms with Gasteiger partial charge >= 0.3 is 0 Å². The van der Waals surface area contributed by atoms with Crippen LogP contribution >= 0.6 is 23.1 Å². The van der Waals surface area contributed by atoms with Gasteiger partial charge in [-0.05, 0) is 49.7 Å². The molecule has 2 heterocycles. The Kier molecular flexibility index (Phi) is 6.99. The van der Waals surface area contributed by atoms with E-state index in [9.17, 15) is 4.79 Å². The van der Waals surface area contributed by atoms with Crippen LogP contribution in [0.2, 0.25) is 0 Å². The third kappa shape index (κ3) is 4.66. The van der Waals surface area contributed by atoms with Crippen LogP contribution in [0.3, 0.4) is 0 Å². The molecule has 0 spiro atoms. The van der Waals surface area contributed by atoms with Gasteiger partial charge < -0.3 is 14.4 Å². The smallest absolute Gasteiger partial charge is 0.260 e. The number of thioether (sulfide) groups is 1. The van der Waals surface area contributed by atoms with Gasteiger partial charge in [0.15, 0.2) is 16.6 Å². The third-order valence-electron chi connectivity index (χ3n) is 5.39. The van der Waals surface area contributed by atoms with Crippen molar-refractivity contribution in [3.05, 3.63) is 42.0 Å². The van der Waals surface area contributed by atoms with E-state index in [4.69, 9.17) is 14.5 Å². The van der Waals surface area contributed by atoms with Gasteiger partial charge in [0.25, 0.3) is 5.91 Å². The number of benzene rings is 2. The molecule has 0 saturated carbocycles. The first-order chi connectivity index (χ1) is 15.1. The molecule has 0 aliphatic carbocycles. The minimum Gasteiger partial charge on any atom is -0.486 e. The Balaban J connectivity index is 1.69. The largest absolute Gasteiger partial charge is 0.486 e. The van der Waals surface area contributed by atoms with Crippen LogP contribution in [0.25, 0.3) is 10.2 Å². The number of ether oxygens (including phenoxy) is 2.